The molecule has 2 rings (SSSR count). The summed E-state index contributed by atoms with van der Waals surface area (Å²) in [5.41, 5.74) is -0.586. The molecule has 1 saturated heterocycles. The largest absolute Gasteiger partial charge is 1.00 e. The number of rotatable bonds is 5. The molecule has 21 heavy (non-hydrogen) atoms. The monoisotopic (exact) mass is 330 g/mol. The maximum absolute atomic E-state index is 11.5. The molecular formula is C9H13N3NaO7S+. The molecule has 1 fully saturated rings. The van der Waals surface area contributed by atoms with Gasteiger partial charge < -0.3 is 18.7 Å². The average molecular weight is 330 g/mol. The molecule has 10 nitrogen and oxygen atoms in total. The van der Waals surface area contributed by atoms with Crippen LogP contribution in [0.3, 0.4) is 0 Å². The molecule has 0 aromatic heterocycles. The van der Waals surface area contributed by atoms with Crippen LogP contribution in [0.25, 0.3) is 0 Å². The predicted octanol–water partition coefficient (Wildman–Crippen LogP) is -4.07. The van der Waals surface area contributed by atoms with Crippen LogP contribution in [0.15, 0.2) is 10.2 Å². The summed E-state index contributed by atoms with van der Waals surface area (Å²) in [6.45, 7) is 1.71. The van der Waals surface area contributed by atoms with Crippen molar-refractivity contribution < 1.29 is 62.7 Å². The summed E-state index contributed by atoms with van der Waals surface area (Å²) >= 11 is 0. The van der Waals surface area contributed by atoms with E-state index in [1.807, 2.05) is 0 Å². The van der Waals surface area contributed by atoms with Crippen molar-refractivity contribution in [1.82, 2.24) is 5.06 Å². The van der Waals surface area contributed by atoms with E-state index in [4.69, 9.17) is 0 Å². The minimum atomic E-state index is -2.72. The van der Waals surface area contributed by atoms with Crippen molar-refractivity contribution in [3.05, 3.63) is 0 Å². The topological polar surface area (TPSA) is 156 Å². The second-order valence-corrected chi connectivity index (χ2v) is 5.45. The summed E-state index contributed by atoms with van der Waals surface area (Å²) in [5.74, 6) is -2.70. The van der Waals surface area contributed by atoms with E-state index in [9.17, 15) is 22.8 Å². The van der Waals surface area contributed by atoms with Gasteiger partial charge in [-0.3, -0.25) is 9.59 Å². The SMILES string of the molecule is CC1(CCC(=O)ON2C(=O)CC([S-](=O)=O)C2=O)N=N1.[Na+].[OH3+]. The molecule has 0 saturated carbocycles. The molecule has 0 radical (unpaired) electrons. The van der Waals surface area contributed by atoms with Gasteiger partial charge >= 0.3 is 35.5 Å². The van der Waals surface area contributed by atoms with Crippen LogP contribution in [0.4, 0.5) is 0 Å². The second kappa shape index (κ2) is 7.40. The summed E-state index contributed by atoms with van der Waals surface area (Å²) in [6.07, 6.45) is -0.282. The van der Waals surface area contributed by atoms with Crippen LogP contribution in [0.5, 0.6) is 0 Å². The molecule has 112 valence electrons. The minimum Gasteiger partial charge on any atom is -0.457 e. The first-order valence-electron chi connectivity index (χ1n) is 5.42. The van der Waals surface area contributed by atoms with Gasteiger partial charge in [0.2, 0.25) is 0 Å². The Hall–Kier alpha value is -0.880. The standard InChI is InChI=1S/C9H10N3O6S.Na.H2O/c1-9(10-11-9)3-2-7(14)18-12-6(13)4-5(8(12)15)19(16)17;;/h5H,2-4H2,1H3;;1H2/q-1;+1;/p+1. The van der Waals surface area contributed by atoms with Crippen molar-refractivity contribution in [2.75, 3.05) is 0 Å². The maximum Gasteiger partial charge on any atom is 1.00 e. The van der Waals surface area contributed by atoms with Gasteiger partial charge in [0.25, 0.3) is 11.8 Å². The number of carbonyl (C=O) groups excluding carboxylic acids is 3. The van der Waals surface area contributed by atoms with E-state index in [0.717, 1.165) is 0 Å². The fraction of sp³-hybridized carbons (Fsp3) is 0.667. The fourth-order valence-corrected chi connectivity index (χ4v) is 2.04. The Labute approximate surface area is 143 Å². The van der Waals surface area contributed by atoms with Crippen LogP contribution in [0.1, 0.15) is 26.2 Å². The number of carbonyl (C=O) groups is 3. The van der Waals surface area contributed by atoms with Gasteiger partial charge in [0.1, 0.15) is 0 Å². The molecule has 12 heteroatoms. The summed E-state index contributed by atoms with van der Waals surface area (Å²) < 4.78 is 21.4. The van der Waals surface area contributed by atoms with Gasteiger partial charge in [-0.2, -0.15) is 10.2 Å². The minimum absolute atomic E-state index is 0. The van der Waals surface area contributed by atoms with Gasteiger partial charge in [-0.05, 0) is 6.92 Å². The first-order chi connectivity index (χ1) is 8.82. The normalized spacial score (nSPS) is 21.8. The molecule has 0 spiro atoms. The van der Waals surface area contributed by atoms with E-state index in [1.165, 1.54) is 0 Å². The Balaban J connectivity index is 0.00000200. The molecule has 0 aromatic rings. The zero-order valence-corrected chi connectivity index (χ0v) is 14.3. The zero-order valence-electron chi connectivity index (χ0n) is 11.5. The molecule has 0 aliphatic carbocycles. The van der Waals surface area contributed by atoms with Crippen molar-refractivity contribution in [2.24, 2.45) is 10.2 Å². The molecule has 1 atom stereocenters. The van der Waals surface area contributed by atoms with Crippen LogP contribution in [0.2, 0.25) is 0 Å². The molecule has 2 aliphatic rings. The average Bonchev–Trinajstić information content (AvgIpc) is 3.01. The molecular weight excluding hydrogens is 317 g/mol. The Kier molecular flexibility index (Phi) is 7.09. The van der Waals surface area contributed by atoms with Gasteiger partial charge in [-0.1, -0.05) is 10.7 Å². The molecule has 3 N–H and O–H groups in total. The molecule has 1 unspecified atom stereocenters. The molecule has 2 heterocycles. The van der Waals surface area contributed by atoms with Crippen LogP contribution in [0, 0.1) is 0 Å². The second-order valence-electron chi connectivity index (χ2n) is 4.36. The van der Waals surface area contributed by atoms with Gasteiger partial charge in [-0.15, -0.1) is 5.06 Å². The summed E-state index contributed by atoms with van der Waals surface area (Å²) in [6, 6.07) is 0. The van der Waals surface area contributed by atoms with Crippen molar-refractivity contribution in [2.45, 2.75) is 37.1 Å². The zero-order chi connectivity index (χ0) is 14.2. The third-order valence-corrected chi connectivity index (χ3v) is 3.56. The quantitative estimate of drug-likeness (QED) is 0.216. The van der Waals surface area contributed by atoms with Crippen molar-refractivity contribution in [3.63, 3.8) is 0 Å². The van der Waals surface area contributed by atoms with E-state index in [2.05, 4.69) is 15.1 Å². The summed E-state index contributed by atoms with van der Waals surface area (Å²) in [4.78, 5) is 38.9. The Morgan fingerprint density at radius 3 is 2.43 bits per heavy atom. The van der Waals surface area contributed by atoms with Crippen LogP contribution < -0.4 is 29.6 Å². The van der Waals surface area contributed by atoms with E-state index < -0.39 is 45.8 Å². The predicted molar refractivity (Wildman–Crippen MR) is 62.5 cm³/mol. The Morgan fingerprint density at radius 2 is 2.00 bits per heavy atom. The number of amides is 2. The molecule has 0 aromatic carbocycles. The van der Waals surface area contributed by atoms with Crippen molar-refractivity contribution in [1.29, 1.82) is 0 Å². The number of imide groups is 1. The third kappa shape index (κ3) is 4.81. The van der Waals surface area contributed by atoms with E-state index in [0.29, 0.717) is 6.42 Å². The number of hydroxylamine groups is 2. The Morgan fingerprint density at radius 1 is 1.43 bits per heavy atom. The van der Waals surface area contributed by atoms with Gasteiger partial charge in [0, 0.05) is 18.1 Å². The van der Waals surface area contributed by atoms with Gasteiger partial charge in [0.15, 0.2) is 5.66 Å². The number of hydrogen-bond acceptors (Lipinski definition) is 9. The number of nitrogens with zero attached hydrogens (tertiary/aromatic N) is 3. The first-order valence-corrected chi connectivity index (χ1v) is 6.56. The third-order valence-electron chi connectivity index (χ3n) is 2.73. The first kappa shape index (κ1) is 20.1. The summed E-state index contributed by atoms with van der Waals surface area (Å²) in [5, 5.41) is 6.12. The smallest absolute Gasteiger partial charge is 0.457 e. The van der Waals surface area contributed by atoms with Crippen LogP contribution >= 0.6 is 0 Å². The van der Waals surface area contributed by atoms with Crippen molar-refractivity contribution in [3.8, 4) is 0 Å². The number of hydrogen-bond donors (Lipinski definition) is 0. The van der Waals surface area contributed by atoms with Crippen LogP contribution in [-0.4, -0.2) is 33.8 Å². The maximum atomic E-state index is 11.5. The van der Waals surface area contributed by atoms with Crippen molar-refractivity contribution >= 4 is 28.5 Å². The van der Waals surface area contributed by atoms with Gasteiger partial charge in [0.05, 0.1) is 6.42 Å². The van der Waals surface area contributed by atoms with E-state index in [1.54, 1.807) is 6.92 Å². The summed E-state index contributed by atoms with van der Waals surface area (Å²) in [7, 11) is -2.72. The molecule has 2 aliphatic heterocycles. The molecule has 2 amide bonds. The van der Waals surface area contributed by atoms with Crippen LogP contribution in [-0.2, 0) is 43.8 Å². The van der Waals surface area contributed by atoms with E-state index in [-0.39, 0.29) is 46.5 Å². The fourth-order valence-electron chi connectivity index (χ4n) is 1.50. The Bertz CT molecular complexity index is 548. The van der Waals surface area contributed by atoms with E-state index >= 15 is 0 Å². The molecule has 0 bridgehead atoms. The van der Waals surface area contributed by atoms with Gasteiger partial charge in [-0.25, -0.2) is 4.79 Å².